The summed E-state index contributed by atoms with van der Waals surface area (Å²) in [5.41, 5.74) is 4.81. The second kappa shape index (κ2) is 4.93. The number of benzene rings is 2. The first-order valence-electron chi connectivity index (χ1n) is 5.82. The van der Waals surface area contributed by atoms with Crippen LogP contribution in [0.5, 0.6) is 5.75 Å². The molecular formula is C16H15NO. The molecule has 0 unspecified atom stereocenters. The van der Waals surface area contributed by atoms with E-state index >= 15 is 0 Å². The molecule has 90 valence electrons. The Morgan fingerprint density at radius 1 is 1.06 bits per heavy atom. The smallest absolute Gasteiger partial charge is 0.129 e. The van der Waals surface area contributed by atoms with Gasteiger partial charge in [-0.2, -0.15) is 5.26 Å². The molecule has 0 aliphatic carbocycles. The zero-order valence-corrected chi connectivity index (χ0v) is 10.8. The van der Waals surface area contributed by atoms with Gasteiger partial charge in [-0.05, 0) is 37.1 Å². The number of methoxy groups -OCH3 is 1. The molecule has 0 saturated carbocycles. The van der Waals surface area contributed by atoms with Gasteiger partial charge in [0.2, 0.25) is 0 Å². The maximum Gasteiger partial charge on any atom is 0.129 e. The lowest BCUT2D eigenvalue weighted by Gasteiger charge is -2.13. The van der Waals surface area contributed by atoms with Crippen LogP contribution in [-0.2, 0) is 0 Å². The average Bonchev–Trinajstić information content (AvgIpc) is 2.38. The summed E-state index contributed by atoms with van der Waals surface area (Å²) in [7, 11) is 1.66. The highest BCUT2D eigenvalue weighted by molar-refractivity contribution is 5.77. The highest BCUT2D eigenvalue weighted by Crippen LogP contribution is 2.35. The van der Waals surface area contributed by atoms with Crippen LogP contribution in [0, 0.1) is 25.2 Å². The van der Waals surface area contributed by atoms with Crippen molar-refractivity contribution < 1.29 is 4.74 Å². The molecule has 2 nitrogen and oxygen atoms in total. The Morgan fingerprint density at radius 2 is 1.78 bits per heavy atom. The first kappa shape index (κ1) is 12.2. The molecule has 0 saturated heterocycles. The van der Waals surface area contributed by atoms with Gasteiger partial charge in [-0.25, -0.2) is 0 Å². The number of hydrogen-bond donors (Lipinski definition) is 0. The fraction of sp³-hybridized carbons (Fsp3) is 0.188. The molecule has 2 rings (SSSR count). The van der Waals surface area contributed by atoms with Crippen LogP contribution < -0.4 is 4.74 Å². The SMILES string of the molecule is COc1c(C)cc(C)cc1-c1ccccc1C#N. The highest BCUT2D eigenvalue weighted by Gasteiger charge is 2.12. The standard InChI is InChI=1S/C16H15NO/c1-11-8-12(2)16(18-3)15(9-11)14-7-5-4-6-13(14)10-17/h4-9H,1-3H3. The van der Waals surface area contributed by atoms with E-state index in [0.717, 1.165) is 28.0 Å². The molecule has 0 radical (unpaired) electrons. The summed E-state index contributed by atoms with van der Waals surface area (Å²) in [5, 5.41) is 9.19. The maximum atomic E-state index is 9.19. The van der Waals surface area contributed by atoms with E-state index in [0.29, 0.717) is 5.56 Å². The van der Waals surface area contributed by atoms with Crippen LogP contribution in [0.4, 0.5) is 0 Å². The Bertz CT molecular complexity index is 623. The van der Waals surface area contributed by atoms with E-state index in [1.165, 1.54) is 0 Å². The van der Waals surface area contributed by atoms with Crippen molar-refractivity contribution in [2.45, 2.75) is 13.8 Å². The van der Waals surface area contributed by atoms with Crippen LogP contribution in [0.2, 0.25) is 0 Å². The Kier molecular flexibility index (Phi) is 3.34. The third kappa shape index (κ3) is 2.08. The summed E-state index contributed by atoms with van der Waals surface area (Å²) in [6, 6.07) is 14.0. The van der Waals surface area contributed by atoms with Gasteiger partial charge >= 0.3 is 0 Å². The Hall–Kier alpha value is -2.27. The predicted molar refractivity (Wildman–Crippen MR) is 72.6 cm³/mol. The largest absolute Gasteiger partial charge is 0.496 e. The quantitative estimate of drug-likeness (QED) is 0.794. The molecule has 18 heavy (non-hydrogen) atoms. The molecule has 0 aromatic heterocycles. The molecular weight excluding hydrogens is 222 g/mol. The van der Waals surface area contributed by atoms with E-state index in [1.807, 2.05) is 38.1 Å². The second-order valence-electron chi connectivity index (χ2n) is 4.32. The third-order valence-electron chi connectivity index (χ3n) is 2.96. The summed E-state index contributed by atoms with van der Waals surface area (Å²) in [5.74, 6) is 0.836. The highest BCUT2D eigenvalue weighted by atomic mass is 16.5. The monoisotopic (exact) mass is 237 g/mol. The number of aryl methyl sites for hydroxylation is 2. The van der Waals surface area contributed by atoms with Gasteiger partial charge in [-0.15, -0.1) is 0 Å². The van der Waals surface area contributed by atoms with Gasteiger partial charge in [0.25, 0.3) is 0 Å². The molecule has 0 aliphatic rings. The molecule has 0 atom stereocenters. The Balaban J connectivity index is 2.75. The van der Waals surface area contributed by atoms with Crippen LogP contribution >= 0.6 is 0 Å². The fourth-order valence-corrected chi connectivity index (χ4v) is 2.24. The van der Waals surface area contributed by atoms with Crippen molar-refractivity contribution in [1.82, 2.24) is 0 Å². The van der Waals surface area contributed by atoms with Crippen molar-refractivity contribution in [2.24, 2.45) is 0 Å². The number of rotatable bonds is 2. The van der Waals surface area contributed by atoms with Crippen molar-refractivity contribution in [3.63, 3.8) is 0 Å². The van der Waals surface area contributed by atoms with Crippen LogP contribution in [-0.4, -0.2) is 7.11 Å². The lowest BCUT2D eigenvalue weighted by molar-refractivity contribution is 0.413. The van der Waals surface area contributed by atoms with Crippen LogP contribution in [0.1, 0.15) is 16.7 Å². The summed E-state index contributed by atoms with van der Waals surface area (Å²) >= 11 is 0. The lowest BCUT2D eigenvalue weighted by Crippen LogP contribution is -1.94. The fourth-order valence-electron chi connectivity index (χ4n) is 2.24. The van der Waals surface area contributed by atoms with Gasteiger partial charge in [0, 0.05) is 11.1 Å². The summed E-state index contributed by atoms with van der Waals surface area (Å²) in [6.45, 7) is 4.06. The topological polar surface area (TPSA) is 33.0 Å². The molecule has 0 heterocycles. The van der Waals surface area contributed by atoms with E-state index in [4.69, 9.17) is 4.74 Å². The average molecular weight is 237 g/mol. The molecule has 0 N–H and O–H groups in total. The minimum absolute atomic E-state index is 0.667. The van der Waals surface area contributed by atoms with E-state index in [9.17, 15) is 5.26 Å². The van der Waals surface area contributed by atoms with Gasteiger partial charge in [0.05, 0.1) is 18.7 Å². The number of ether oxygens (including phenoxy) is 1. The van der Waals surface area contributed by atoms with Crippen molar-refractivity contribution in [1.29, 1.82) is 5.26 Å². The van der Waals surface area contributed by atoms with E-state index < -0.39 is 0 Å². The van der Waals surface area contributed by atoms with E-state index in [1.54, 1.807) is 7.11 Å². The summed E-state index contributed by atoms with van der Waals surface area (Å²) in [6.07, 6.45) is 0. The lowest BCUT2D eigenvalue weighted by atomic mass is 9.96. The molecule has 2 aromatic carbocycles. The zero-order valence-electron chi connectivity index (χ0n) is 10.8. The first-order valence-corrected chi connectivity index (χ1v) is 5.82. The summed E-state index contributed by atoms with van der Waals surface area (Å²) < 4.78 is 5.48. The number of hydrogen-bond acceptors (Lipinski definition) is 2. The molecule has 0 aliphatic heterocycles. The molecule has 0 amide bonds. The minimum Gasteiger partial charge on any atom is -0.496 e. The minimum atomic E-state index is 0.667. The van der Waals surface area contributed by atoms with Gasteiger partial charge in [0.15, 0.2) is 0 Å². The second-order valence-corrected chi connectivity index (χ2v) is 4.32. The summed E-state index contributed by atoms with van der Waals surface area (Å²) in [4.78, 5) is 0. The predicted octanol–water partition coefficient (Wildman–Crippen LogP) is 3.85. The molecule has 2 aromatic rings. The maximum absolute atomic E-state index is 9.19. The molecule has 0 spiro atoms. The van der Waals surface area contributed by atoms with Crippen molar-refractivity contribution in [3.05, 3.63) is 53.1 Å². The van der Waals surface area contributed by atoms with E-state index in [2.05, 4.69) is 18.2 Å². The van der Waals surface area contributed by atoms with Gasteiger partial charge in [-0.3, -0.25) is 0 Å². The van der Waals surface area contributed by atoms with Crippen molar-refractivity contribution >= 4 is 0 Å². The normalized spacial score (nSPS) is 9.89. The Morgan fingerprint density at radius 3 is 2.44 bits per heavy atom. The van der Waals surface area contributed by atoms with E-state index in [-0.39, 0.29) is 0 Å². The van der Waals surface area contributed by atoms with Crippen LogP contribution in [0.25, 0.3) is 11.1 Å². The van der Waals surface area contributed by atoms with Gasteiger partial charge in [-0.1, -0.05) is 24.3 Å². The number of nitriles is 1. The molecule has 2 heteroatoms. The zero-order chi connectivity index (χ0) is 13.1. The van der Waals surface area contributed by atoms with Gasteiger partial charge < -0.3 is 4.74 Å². The van der Waals surface area contributed by atoms with Crippen molar-refractivity contribution in [2.75, 3.05) is 7.11 Å². The van der Waals surface area contributed by atoms with Crippen molar-refractivity contribution in [3.8, 4) is 22.9 Å². The molecule has 0 fully saturated rings. The first-order chi connectivity index (χ1) is 8.67. The molecule has 0 bridgehead atoms. The van der Waals surface area contributed by atoms with Crippen LogP contribution in [0.3, 0.4) is 0 Å². The van der Waals surface area contributed by atoms with Crippen LogP contribution in [0.15, 0.2) is 36.4 Å². The third-order valence-corrected chi connectivity index (χ3v) is 2.96. The van der Waals surface area contributed by atoms with Gasteiger partial charge in [0.1, 0.15) is 5.75 Å². The Labute approximate surface area is 107 Å². The number of nitrogens with zero attached hydrogens (tertiary/aromatic N) is 1.